The summed E-state index contributed by atoms with van der Waals surface area (Å²) in [4.78, 5) is 35.3. The van der Waals surface area contributed by atoms with Gasteiger partial charge in [0.15, 0.2) is 5.75 Å². The fourth-order valence-corrected chi connectivity index (χ4v) is 2.39. The molecule has 0 aromatic carbocycles. The van der Waals surface area contributed by atoms with E-state index in [4.69, 9.17) is 5.11 Å². The van der Waals surface area contributed by atoms with Crippen molar-refractivity contribution in [3.05, 3.63) is 27.7 Å². The van der Waals surface area contributed by atoms with Gasteiger partial charge in [-0.3, -0.25) is 14.5 Å². The van der Waals surface area contributed by atoms with Crippen molar-refractivity contribution in [1.29, 1.82) is 0 Å². The van der Waals surface area contributed by atoms with Crippen molar-refractivity contribution in [2.75, 3.05) is 13.6 Å². The number of aliphatic carboxylic acids is 2. The highest BCUT2D eigenvalue weighted by Gasteiger charge is 2.24. The molecule has 0 aliphatic carbocycles. The van der Waals surface area contributed by atoms with Crippen molar-refractivity contribution in [3.63, 3.8) is 0 Å². The highest BCUT2D eigenvalue weighted by atomic mass is 16.4. The molecule has 22 heavy (non-hydrogen) atoms. The average molecular weight is 312 g/mol. The standard InChI is InChI=1S/C14H20N2O6/c1-4-9(14(21)22)16-8(2)5-11(17)13(20)10(16)6-15(3)7-12(18)19/h5,9,20H,4,6-7H2,1-3H3,(H,18,19)(H,21,22). The number of carboxylic acids is 2. The summed E-state index contributed by atoms with van der Waals surface area (Å²) in [5.41, 5.74) is -0.119. The fraction of sp³-hybridized carbons (Fsp3) is 0.500. The fourth-order valence-electron chi connectivity index (χ4n) is 2.39. The molecule has 1 rings (SSSR count). The van der Waals surface area contributed by atoms with E-state index in [1.54, 1.807) is 13.8 Å². The molecule has 0 fully saturated rings. The zero-order chi connectivity index (χ0) is 17.0. The highest BCUT2D eigenvalue weighted by molar-refractivity contribution is 5.72. The molecule has 0 amide bonds. The zero-order valence-corrected chi connectivity index (χ0v) is 12.7. The van der Waals surface area contributed by atoms with E-state index in [1.807, 2.05) is 0 Å². The van der Waals surface area contributed by atoms with Crippen LogP contribution in [0.2, 0.25) is 0 Å². The van der Waals surface area contributed by atoms with Gasteiger partial charge in [-0.05, 0) is 20.4 Å². The van der Waals surface area contributed by atoms with Crippen molar-refractivity contribution in [2.45, 2.75) is 32.9 Å². The number of likely N-dealkylation sites (N-methyl/N-ethyl adjacent to an activating group) is 1. The van der Waals surface area contributed by atoms with Crippen LogP contribution in [0.25, 0.3) is 0 Å². The largest absolute Gasteiger partial charge is 0.503 e. The number of carboxylic acid groups (broad SMARTS) is 2. The lowest BCUT2D eigenvalue weighted by molar-refractivity contribution is -0.141. The molecular weight excluding hydrogens is 292 g/mol. The molecule has 0 aliphatic rings. The SMILES string of the molecule is CCC(C(=O)O)n1c(C)cc(=O)c(O)c1CN(C)CC(=O)O. The number of carbonyl (C=O) groups is 2. The predicted molar refractivity (Wildman–Crippen MR) is 78.0 cm³/mol. The lowest BCUT2D eigenvalue weighted by Crippen LogP contribution is -2.31. The van der Waals surface area contributed by atoms with Gasteiger partial charge in [-0.1, -0.05) is 6.92 Å². The normalized spacial score (nSPS) is 12.4. The summed E-state index contributed by atoms with van der Waals surface area (Å²) >= 11 is 0. The van der Waals surface area contributed by atoms with E-state index in [9.17, 15) is 24.6 Å². The van der Waals surface area contributed by atoms with E-state index in [0.29, 0.717) is 5.69 Å². The van der Waals surface area contributed by atoms with E-state index in [2.05, 4.69) is 0 Å². The topological polar surface area (TPSA) is 120 Å². The van der Waals surface area contributed by atoms with Crippen LogP contribution in [0.5, 0.6) is 5.75 Å². The zero-order valence-electron chi connectivity index (χ0n) is 12.7. The Balaban J connectivity index is 3.42. The first kappa shape index (κ1) is 17.7. The van der Waals surface area contributed by atoms with Gasteiger partial charge in [0.25, 0.3) is 0 Å². The molecular formula is C14H20N2O6. The summed E-state index contributed by atoms with van der Waals surface area (Å²) in [7, 11) is 1.51. The third kappa shape index (κ3) is 3.85. The number of aromatic nitrogens is 1. The number of hydrogen-bond acceptors (Lipinski definition) is 5. The number of aryl methyl sites for hydroxylation is 1. The van der Waals surface area contributed by atoms with Crippen LogP contribution in [-0.4, -0.2) is 50.3 Å². The molecule has 1 unspecified atom stereocenters. The summed E-state index contributed by atoms with van der Waals surface area (Å²) in [6.45, 7) is 2.90. The smallest absolute Gasteiger partial charge is 0.326 e. The Hall–Kier alpha value is -2.35. The predicted octanol–water partition coefficient (Wildman–Crippen LogP) is 0.414. The van der Waals surface area contributed by atoms with Gasteiger partial charge in [-0.2, -0.15) is 0 Å². The molecule has 8 nitrogen and oxygen atoms in total. The maximum Gasteiger partial charge on any atom is 0.326 e. The Bertz CT molecular complexity index is 637. The Morgan fingerprint density at radius 2 is 1.95 bits per heavy atom. The molecule has 122 valence electrons. The quantitative estimate of drug-likeness (QED) is 0.667. The Morgan fingerprint density at radius 1 is 1.36 bits per heavy atom. The van der Waals surface area contributed by atoms with Crippen molar-refractivity contribution in [2.24, 2.45) is 0 Å². The molecule has 0 saturated carbocycles. The van der Waals surface area contributed by atoms with Gasteiger partial charge >= 0.3 is 11.9 Å². The summed E-state index contributed by atoms with van der Waals surface area (Å²) < 4.78 is 1.37. The lowest BCUT2D eigenvalue weighted by atomic mass is 10.1. The third-order valence-corrected chi connectivity index (χ3v) is 3.33. The minimum absolute atomic E-state index is 0.0567. The first-order valence-corrected chi connectivity index (χ1v) is 6.76. The van der Waals surface area contributed by atoms with E-state index in [1.165, 1.54) is 22.6 Å². The second-order valence-electron chi connectivity index (χ2n) is 5.14. The maximum absolute atomic E-state index is 11.8. The van der Waals surface area contributed by atoms with Crippen LogP contribution in [0.15, 0.2) is 10.9 Å². The molecule has 1 aromatic rings. The molecule has 1 atom stereocenters. The molecule has 0 bridgehead atoms. The monoisotopic (exact) mass is 312 g/mol. The molecule has 1 aromatic heterocycles. The Morgan fingerprint density at radius 3 is 2.41 bits per heavy atom. The number of nitrogens with zero attached hydrogens (tertiary/aromatic N) is 2. The van der Waals surface area contributed by atoms with Gasteiger partial charge in [0, 0.05) is 18.3 Å². The van der Waals surface area contributed by atoms with Crippen molar-refractivity contribution in [1.82, 2.24) is 9.47 Å². The molecule has 1 heterocycles. The first-order valence-electron chi connectivity index (χ1n) is 6.76. The lowest BCUT2D eigenvalue weighted by Gasteiger charge is -2.25. The Labute approximate surface area is 127 Å². The van der Waals surface area contributed by atoms with Gasteiger partial charge in [0.1, 0.15) is 6.04 Å². The summed E-state index contributed by atoms with van der Waals surface area (Å²) in [5.74, 6) is -2.70. The number of pyridine rings is 1. The molecule has 3 N–H and O–H groups in total. The van der Waals surface area contributed by atoms with Gasteiger partial charge in [-0.15, -0.1) is 0 Å². The van der Waals surface area contributed by atoms with Crippen LogP contribution in [0.3, 0.4) is 0 Å². The maximum atomic E-state index is 11.8. The van der Waals surface area contributed by atoms with Crippen LogP contribution in [0.4, 0.5) is 0 Å². The van der Waals surface area contributed by atoms with Crippen molar-refractivity contribution in [3.8, 4) is 5.75 Å². The first-order chi connectivity index (χ1) is 10.2. The minimum atomic E-state index is -1.09. The highest BCUT2D eigenvalue weighted by Crippen LogP contribution is 2.23. The van der Waals surface area contributed by atoms with E-state index in [-0.39, 0.29) is 25.2 Å². The van der Waals surface area contributed by atoms with E-state index < -0.39 is 29.2 Å². The van der Waals surface area contributed by atoms with Crippen molar-refractivity contribution < 1.29 is 24.9 Å². The van der Waals surface area contributed by atoms with Gasteiger partial charge in [0.05, 0.1) is 12.2 Å². The number of hydrogen-bond donors (Lipinski definition) is 3. The van der Waals surface area contributed by atoms with Crippen LogP contribution in [0.1, 0.15) is 30.8 Å². The number of rotatable bonds is 7. The molecule has 0 radical (unpaired) electrons. The number of aromatic hydroxyl groups is 1. The minimum Gasteiger partial charge on any atom is -0.503 e. The molecule has 0 spiro atoms. The average Bonchev–Trinajstić information content (AvgIpc) is 2.38. The second kappa shape index (κ2) is 7.08. The summed E-state index contributed by atoms with van der Waals surface area (Å²) in [6.07, 6.45) is 0.258. The van der Waals surface area contributed by atoms with E-state index >= 15 is 0 Å². The van der Waals surface area contributed by atoms with Crippen molar-refractivity contribution >= 4 is 11.9 Å². The molecule has 0 saturated heterocycles. The van der Waals surface area contributed by atoms with Gasteiger partial charge < -0.3 is 19.9 Å². The third-order valence-electron chi connectivity index (χ3n) is 3.33. The molecule has 8 heteroatoms. The second-order valence-corrected chi connectivity index (χ2v) is 5.14. The van der Waals surface area contributed by atoms with Gasteiger partial charge in [-0.25, -0.2) is 4.79 Å². The summed E-state index contributed by atoms with van der Waals surface area (Å²) in [6, 6.07) is 0.224. The van der Waals surface area contributed by atoms with Crippen LogP contribution in [-0.2, 0) is 16.1 Å². The van der Waals surface area contributed by atoms with Crippen LogP contribution >= 0.6 is 0 Å². The van der Waals surface area contributed by atoms with Crippen LogP contribution in [0, 0.1) is 6.92 Å². The van der Waals surface area contributed by atoms with Crippen LogP contribution < -0.4 is 5.43 Å². The Kier molecular flexibility index (Phi) is 5.69. The van der Waals surface area contributed by atoms with E-state index in [0.717, 1.165) is 0 Å². The van der Waals surface area contributed by atoms with Gasteiger partial charge in [0.2, 0.25) is 5.43 Å². The molecule has 0 aliphatic heterocycles. The summed E-state index contributed by atoms with van der Waals surface area (Å²) in [5, 5.41) is 28.1.